The van der Waals surface area contributed by atoms with Gasteiger partial charge in [0.25, 0.3) is 10.0 Å². The molecular formula is C14H11ClN2O2S2. The van der Waals surface area contributed by atoms with Gasteiger partial charge in [0, 0.05) is 6.54 Å². The smallest absolute Gasteiger partial charge is 0.232 e. The van der Waals surface area contributed by atoms with E-state index in [9.17, 15) is 8.42 Å². The second kappa shape index (κ2) is 5.73. The lowest BCUT2D eigenvalue weighted by Crippen LogP contribution is -2.22. The highest BCUT2D eigenvalue weighted by Crippen LogP contribution is 2.23. The first-order valence-electron chi connectivity index (χ1n) is 6.14. The quantitative estimate of drug-likeness (QED) is 0.792. The molecule has 3 rings (SSSR count). The molecule has 0 aliphatic heterocycles. The van der Waals surface area contributed by atoms with Gasteiger partial charge < -0.3 is 0 Å². The van der Waals surface area contributed by atoms with Crippen molar-refractivity contribution in [2.24, 2.45) is 0 Å². The van der Waals surface area contributed by atoms with Gasteiger partial charge in [-0.25, -0.2) is 18.1 Å². The van der Waals surface area contributed by atoms with Crippen LogP contribution >= 0.6 is 22.9 Å². The molecule has 21 heavy (non-hydrogen) atoms. The van der Waals surface area contributed by atoms with E-state index < -0.39 is 10.0 Å². The summed E-state index contributed by atoms with van der Waals surface area (Å²) in [5, 5.41) is 2.11. The van der Waals surface area contributed by atoms with Gasteiger partial charge in [-0.2, -0.15) is 0 Å². The topological polar surface area (TPSA) is 59.1 Å². The van der Waals surface area contributed by atoms with Gasteiger partial charge in [0.1, 0.15) is 0 Å². The van der Waals surface area contributed by atoms with Crippen LogP contribution in [0.4, 0.5) is 0 Å². The second-order valence-corrected chi connectivity index (χ2v) is 8.00. The van der Waals surface area contributed by atoms with Crippen LogP contribution in [0.25, 0.3) is 10.8 Å². The maximum absolute atomic E-state index is 12.2. The normalized spacial score (nSPS) is 11.9. The number of aromatic nitrogens is 1. The third kappa shape index (κ3) is 3.08. The van der Waals surface area contributed by atoms with Crippen molar-refractivity contribution in [3.05, 3.63) is 58.7 Å². The fourth-order valence-electron chi connectivity index (χ4n) is 2.05. The van der Waals surface area contributed by atoms with Gasteiger partial charge in [0.05, 0.1) is 6.20 Å². The fraction of sp³-hybridized carbons (Fsp3) is 0.0714. The number of fused-ring (bicyclic) bond motifs is 1. The van der Waals surface area contributed by atoms with E-state index in [1.54, 1.807) is 0 Å². The van der Waals surface area contributed by atoms with Crippen molar-refractivity contribution in [1.29, 1.82) is 0 Å². The van der Waals surface area contributed by atoms with Crippen LogP contribution in [0.15, 0.2) is 52.9 Å². The monoisotopic (exact) mass is 338 g/mol. The minimum atomic E-state index is -3.58. The number of hydrogen-bond acceptors (Lipinski definition) is 4. The van der Waals surface area contributed by atoms with Gasteiger partial charge in [-0.3, -0.25) is 0 Å². The van der Waals surface area contributed by atoms with Gasteiger partial charge in [0.15, 0.2) is 8.68 Å². The summed E-state index contributed by atoms with van der Waals surface area (Å²) in [4.78, 5) is 3.75. The van der Waals surface area contributed by atoms with Crippen molar-refractivity contribution in [2.45, 2.75) is 10.8 Å². The highest BCUT2D eigenvalue weighted by Gasteiger charge is 2.17. The molecule has 1 N–H and O–H groups in total. The van der Waals surface area contributed by atoms with Crippen molar-refractivity contribution in [1.82, 2.24) is 9.71 Å². The van der Waals surface area contributed by atoms with Crippen LogP contribution in [0, 0.1) is 0 Å². The van der Waals surface area contributed by atoms with Crippen LogP contribution in [0.1, 0.15) is 5.56 Å². The number of nitrogens with one attached hydrogen (secondary N) is 1. The minimum Gasteiger partial charge on any atom is -0.232 e. The summed E-state index contributed by atoms with van der Waals surface area (Å²) in [6, 6.07) is 13.7. The van der Waals surface area contributed by atoms with E-state index in [0.717, 1.165) is 27.7 Å². The lowest BCUT2D eigenvalue weighted by molar-refractivity contribution is 0.583. The molecule has 0 bridgehead atoms. The molecule has 4 nitrogen and oxygen atoms in total. The molecule has 0 atom stereocenters. The molecule has 108 valence electrons. The Labute approximate surface area is 131 Å². The van der Waals surface area contributed by atoms with Crippen LogP contribution in [0.2, 0.25) is 4.47 Å². The summed E-state index contributed by atoms with van der Waals surface area (Å²) in [6.45, 7) is 0.221. The summed E-state index contributed by atoms with van der Waals surface area (Å²) >= 11 is 6.61. The number of benzene rings is 2. The van der Waals surface area contributed by atoms with Gasteiger partial charge in [0.2, 0.25) is 0 Å². The van der Waals surface area contributed by atoms with E-state index in [1.807, 2.05) is 42.5 Å². The maximum atomic E-state index is 12.2. The predicted molar refractivity (Wildman–Crippen MR) is 85.1 cm³/mol. The Morgan fingerprint density at radius 3 is 2.67 bits per heavy atom. The van der Waals surface area contributed by atoms with Crippen LogP contribution in [0.3, 0.4) is 0 Å². The van der Waals surface area contributed by atoms with Gasteiger partial charge in [-0.05, 0) is 16.3 Å². The van der Waals surface area contributed by atoms with E-state index in [0.29, 0.717) is 0 Å². The Hall–Kier alpha value is -1.47. The number of nitrogens with zero attached hydrogens (tertiary/aromatic N) is 1. The molecule has 7 heteroatoms. The molecule has 0 aliphatic carbocycles. The van der Waals surface area contributed by atoms with Crippen LogP contribution in [0.5, 0.6) is 0 Å². The molecule has 1 aromatic heterocycles. The Bertz CT molecular complexity index is 885. The van der Waals surface area contributed by atoms with Crippen molar-refractivity contribution in [3.8, 4) is 0 Å². The van der Waals surface area contributed by atoms with E-state index >= 15 is 0 Å². The molecule has 0 saturated carbocycles. The molecule has 0 unspecified atom stereocenters. The Kier molecular flexibility index (Phi) is 3.95. The third-order valence-corrected chi connectivity index (χ3v) is 6.03. The zero-order chi connectivity index (χ0) is 14.9. The lowest BCUT2D eigenvalue weighted by atomic mass is 10.1. The van der Waals surface area contributed by atoms with E-state index in [2.05, 4.69) is 9.71 Å². The number of rotatable bonds is 4. The summed E-state index contributed by atoms with van der Waals surface area (Å²) in [5.74, 6) is 0. The summed E-state index contributed by atoms with van der Waals surface area (Å²) in [6.07, 6.45) is 1.26. The van der Waals surface area contributed by atoms with Crippen molar-refractivity contribution in [2.75, 3.05) is 0 Å². The molecule has 3 aromatic rings. The average molecular weight is 339 g/mol. The molecular weight excluding hydrogens is 328 g/mol. The van der Waals surface area contributed by atoms with E-state index in [-0.39, 0.29) is 15.2 Å². The van der Waals surface area contributed by atoms with E-state index in [4.69, 9.17) is 11.6 Å². The van der Waals surface area contributed by atoms with Gasteiger partial charge >= 0.3 is 0 Å². The van der Waals surface area contributed by atoms with E-state index in [1.165, 1.54) is 6.20 Å². The zero-order valence-electron chi connectivity index (χ0n) is 10.8. The minimum absolute atomic E-state index is 0.118. The van der Waals surface area contributed by atoms with Crippen molar-refractivity contribution < 1.29 is 8.42 Å². The maximum Gasteiger partial charge on any atom is 0.252 e. The summed E-state index contributed by atoms with van der Waals surface area (Å²) < 4.78 is 27.2. The van der Waals surface area contributed by atoms with Gasteiger partial charge in [-0.15, -0.1) is 0 Å². The fourth-order valence-corrected chi connectivity index (χ4v) is 4.40. The molecule has 0 amide bonds. The third-order valence-electron chi connectivity index (χ3n) is 3.05. The molecule has 2 aromatic carbocycles. The van der Waals surface area contributed by atoms with Crippen LogP contribution in [-0.2, 0) is 16.6 Å². The Morgan fingerprint density at radius 2 is 1.90 bits per heavy atom. The van der Waals surface area contributed by atoms with Gasteiger partial charge in [-0.1, -0.05) is 65.4 Å². The largest absolute Gasteiger partial charge is 0.252 e. The summed E-state index contributed by atoms with van der Waals surface area (Å²) in [7, 11) is -3.58. The van der Waals surface area contributed by atoms with Crippen LogP contribution < -0.4 is 4.72 Å². The molecule has 0 spiro atoms. The predicted octanol–water partition coefficient (Wildman–Crippen LogP) is 3.43. The van der Waals surface area contributed by atoms with Crippen LogP contribution in [-0.4, -0.2) is 13.4 Å². The Balaban J connectivity index is 1.87. The molecule has 0 aliphatic rings. The molecule has 0 saturated heterocycles. The second-order valence-electron chi connectivity index (χ2n) is 4.40. The van der Waals surface area contributed by atoms with Crippen molar-refractivity contribution >= 4 is 43.7 Å². The molecule has 1 heterocycles. The highest BCUT2D eigenvalue weighted by atomic mass is 35.5. The molecule has 0 radical (unpaired) electrons. The lowest BCUT2D eigenvalue weighted by Gasteiger charge is -2.08. The number of sulfonamides is 1. The zero-order valence-corrected chi connectivity index (χ0v) is 13.2. The Morgan fingerprint density at radius 1 is 1.14 bits per heavy atom. The number of halogens is 1. The SMILES string of the molecule is O=S(=O)(NCc1cccc2ccccc12)c1cnc(Cl)s1. The standard InChI is InChI=1S/C14H11ClN2O2S2/c15-14-16-9-13(20-14)21(18,19)17-8-11-6-3-5-10-4-1-2-7-12(10)11/h1-7,9,17H,8H2. The average Bonchev–Trinajstić information content (AvgIpc) is 2.93. The first-order chi connectivity index (χ1) is 10.1. The molecule has 0 fully saturated rings. The summed E-state index contributed by atoms with van der Waals surface area (Å²) in [5.41, 5.74) is 0.923. The number of thiazole rings is 1. The first-order valence-corrected chi connectivity index (χ1v) is 8.82. The number of hydrogen-bond donors (Lipinski definition) is 1. The first kappa shape index (κ1) is 14.5. The van der Waals surface area contributed by atoms with Crippen molar-refractivity contribution in [3.63, 3.8) is 0 Å². The highest BCUT2D eigenvalue weighted by molar-refractivity contribution is 7.91.